The number of aliphatic imine (C=N–C) groups is 1. The van der Waals surface area contributed by atoms with E-state index in [1.54, 1.807) is 6.20 Å². The molecule has 0 fully saturated rings. The summed E-state index contributed by atoms with van der Waals surface area (Å²) in [5, 5.41) is 15.5. The highest BCUT2D eigenvalue weighted by Gasteiger charge is 2.09. The normalized spacial score (nSPS) is 11.6. The fourth-order valence-corrected chi connectivity index (χ4v) is 3.16. The first-order valence-electron chi connectivity index (χ1n) is 9.63. The molecule has 0 bridgehead atoms. The molecule has 148 valence electrons. The molecule has 0 amide bonds. The molecule has 0 aliphatic carbocycles. The van der Waals surface area contributed by atoms with E-state index in [9.17, 15) is 0 Å². The van der Waals surface area contributed by atoms with Crippen molar-refractivity contribution < 1.29 is 0 Å². The molecule has 7 nitrogen and oxygen atoms in total. The predicted molar refractivity (Wildman–Crippen MR) is 112 cm³/mol. The van der Waals surface area contributed by atoms with E-state index in [-0.39, 0.29) is 0 Å². The minimum atomic E-state index is 0.618. The SMILES string of the molecule is CCNC(=NCc1cccc(Cn2cccn2)c1)NCc1c(C)nn(C)c1C. The summed E-state index contributed by atoms with van der Waals surface area (Å²) in [7, 11) is 1.97. The van der Waals surface area contributed by atoms with E-state index in [2.05, 4.69) is 58.9 Å². The van der Waals surface area contributed by atoms with Crippen molar-refractivity contribution in [1.82, 2.24) is 30.2 Å². The third-order valence-corrected chi connectivity index (χ3v) is 4.75. The summed E-state index contributed by atoms with van der Waals surface area (Å²) in [4.78, 5) is 4.75. The summed E-state index contributed by atoms with van der Waals surface area (Å²) in [5.74, 6) is 0.808. The van der Waals surface area contributed by atoms with Crippen LogP contribution in [0.4, 0.5) is 0 Å². The Bertz CT molecular complexity index is 922. The molecule has 7 heteroatoms. The third-order valence-electron chi connectivity index (χ3n) is 4.75. The first kappa shape index (κ1) is 19.7. The average Bonchev–Trinajstić information content (AvgIpc) is 3.27. The van der Waals surface area contributed by atoms with Crippen molar-refractivity contribution in [3.05, 3.63) is 70.8 Å². The highest BCUT2D eigenvalue weighted by molar-refractivity contribution is 5.79. The zero-order valence-electron chi connectivity index (χ0n) is 17.1. The van der Waals surface area contributed by atoms with E-state index in [4.69, 9.17) is 4.99 Å². The summed E-state index contributed by atoms with van der Waals surface area (Å²) in [5.41, 5.74) is 5.84. The number of nitrogens with one attached hydrogen (secondary N) is 2. The Hall–Kier alpha value is -3.09. The van der Waals surface area contributed by atoms with Gasteiger partial charge in [0, 0.05) is 43.8 Å². The molecule has 0 aliphatic heterocycles. The standard InChI is InChI=1S/C21H29N7/c1-5-22-21(24-14-20-16(2)26-27(4)17(20)3)23-13-18-8-6-9-19(12-18)15-28-11-7-10-25-28/h6-12H,5,13-15H2,1-4H3,(H2,22,23,24). The summed E-state index contributed by atoms with van der Waals surface area (Å²) < 4.78 is 3.84. The van der Waals surface area contributed by atoms with Crippen LogP contribution in [0.2, 0.25) is 0 Å². The quantitative estimate of drug-likeness (QED) is 0.489. The molecular formula is C21H29N7. The fraction of sp³-hybridized carbons (Fsp3) is 0.381. The molecule has 0 saturated heterocycles. The number of aromatic nitrogens is 4. The molecule has 0 atom stereocenters. The second kappa shape index (κ2) is 9.21. The lowest BCUT2D eigenvalue weighted by Crippen LogP contribution is -2.37. The van der Waals surface area contributed by atoms with Gasteiger partial charge in [0.15, 0.2) is 5.96 Å². The first-order chi connectivity index (χ1) is 13.6. The number of rotatable bonds is 7. The summed E-state index contributed by atoms with van der Waals surface area (Å²) in [6.07, 6.45) is 3.77. The van der Waals surface area contributed by atoms with Crippen LogP contribution in [0.5, 0.6) is 0 Å². The number of nitrogens with zero attached hydrogens (tertiary/aromatic N) is 5. The molecule has 2 heterocycles. The average molecular weight is 380 g/mol. The van der Waals surface area contributed by atoms with Crippen LogP contribution in [0.1, 0.15) is 35.0 Å². The van der Waals surface area contributed by atoms with Crippen LogP contribution in [-0.2, 0) is 26.7 Å². The molecule has 2 N–H and O–H groups in total. The van der Waals surface area contributed by atoms with Crippen molar-refractivity contribution in [2.24, 2.45) is 12.0 Å². The van der Waals surface area contributed by atoms with Gasteiger partial charge in [-0.1, -0.05) is 24.3 Å². The molecule has 0 aliphatic rings. The molecule has 0 saturated carbocycles. The van der Waals surface area contributed by atoms with Gasteiger partial charge in [0.25, 0.3) is 0 Å². The number of guanidine groups is 1. The maximum atomic E-state index is 4.75. The van der Waals surface area contributed by atoms with Gasteiger partial charge in [-0.05, 0) is 38.0 Å². The Kier molecular flexibility index (Phi) is 6.47. The Morgan fingerprint density at radius 3 is 2.64 bits per heavy atom. The van der Waals surface area contributed by atoms with Crippen molar-refractivity contribution in [2.75, 3.05) is 6.54 Å². The van der Waals surface area contributed by atoms with Crippen LogP contribution in [0.3, 0.4) is 0 Å². The highest BCUT2D eigenvalue weighted by atomic mass is 15.3. The largest absolute Gasteiger partial charge is 0.357 e. The van der Waals surface area contributed by atoms with Crippen LogP contribution in [0.15, 0.2) is 47.7 Å². The fourth-order valence-electron chi connectivity index (χ4n) is 3.16. The van der Waals surface area contributed by atoms with Crippen LogP contribution in [0.25, 0.3) is 0 Å². The van der Waals surface area contributed by atoms with Crippen molar-refractivity contribution >= 4 is 5.96 Å². The van der Waals surface area contributed by atoms with Gasteiger partial charge in [-0.3, -0.25) is 9.36 Å². The van der Waals surface area contributed by atoms with Gasteiger partial charge in [0.1, 0.15) is 0 Å². The maximum absolute atomic E-state index is 4.75. The van der Waals surface area contributed by atoms with Crippen molar-refractivity contribution in [3.8, 4) is 0 Å². The molecule has 3 aromatic rings. The Morgan fingerprint density at radius 1 is 1.14 bits per heavy atom. The molecular weight excluding hydrogens is 350 g/mol. The summed E-state index contributed by atoms with van der Waals surface area (Å²) in [6.45, 7) is 9.11. The van der Waals surface area contributed by atoms with E-state index in [1.807, 2.05) is 35.6 Å². The zero-order chi connectivity index (χ0) is 19.9. The Balaban J connectivity index is 1.65. The topological polar surface area (TPSA) is 72.1 Å². The first-order valence-corrected chi connectivity index (χ1v) is 9.63. The van der Waals surface area contributed by atoms with E-state index < -0.39 is 0 Å². The Labute approximate surface area is 166 Å². The second-order valence-electron chi connectivity index (χ2n) is 6.85. The molecule has 28 heavy (non-hydrogen) atoms. The van der Waals surface area contributed by atoms with E-state index in [0.29, 0.717) is 13.1 Å². The summed E-state index contributed by atoms with van der Waals surface area (Å²) in [6, 6.07) is 10.4. The van der Waals surface area contributed by atoms with Crippen LogP contribution < -0.4 is 10.6 Å². The lowest BCUT2D eigenvalue weighted by molar-refractivity contribution is 0.686. The molecule has 1 aromatic carbocycles. The third kappa shape index (κ3) is 5.00. The molecule has 0 unspecified atom stereocenters. The minimum absolute atomic E-state index is 0.618. The van der Waals surface area contributed by atoms with Crippen molar-refractivity contribution in [1.29, 1.82) is 0 Å². The molecule has 3 rings (SSSR count). The second-order valence-corrected chi connectivity index (χ2v) is 6.85. The lowest BCUT2D eigenvalue weighted by Gasteiger charge is -2.12. The van der Waals surface area contributed by atoms with Gasteiger partial charge in [0.05, 0.1) is 18.8 Å². The Morgan fingerprint density at radius 2 is 1.96 bits per heavy atom. The van der Waals surface area contributed by atoms with Gasteiger partial charge < -0.3 is 10.6 Å². The lowest BCUT2D eigenvalue weighted by atomic mass is 10.1. The van der Waals surface area contributed by atoms with E-state index in [0.717, 1.165) is 24.7 Å². The smallest absolute Gasteiger partial charge is 0.191 e. The summed E-state index contributed by atoms with van der Waals surface area (Å²) >= 11 is 0. The van der Waals surface area contributed by atoms with Crippen LogP contribution in [-0.4, -0.2) is 32.1 Å². The van der Waals surface area contributed by atoms with E-state index in [1.165, 1.54) is 22.4 Å². The minimum Gasteiger partial charge on any atom is -0.357 e. The van der Waals surface area contributed by atoms with Gasteiger partial charge in [0.2, 0.25) is 0 Å². The van der Waals surface area contributed by atoms with Gasteiger partial charge >= 0.3 is 0 Å². The van der Waals surface area contributed by atoms with Crippen molar-refractivity contribution in [3.63, 3.8) is 0 Å². The van der Waals surface area contributed by atoms with Crippen LogP contribution >= 0.6 is 0 Å². The van der Waals surface area contributed by atoms with Gasteiger partial charge in [-0.2, -0.15) is 10.2 Å². The van der Waals surface area contributed by atoms with E-state index >= 15 is 0 Å². The zero-order valence-corrected chi connectivity index (χ0v) is 17.1. The highest BCUT2D eigenvalue weighted by Crippen LogP contribution is 2.11. The maximum Gasteiger partial charge on any atom is 0.191 e. The van der Waals surface area contributed by atoms with Gasteiger partial charge in [-0.15, -0.1) is 0 Å². The molecule has 2 aromatic heterocycles. The van der Waals surface area contributed by atoms with Crippen LogP contribution in [0, 0.1) is 13.8 Å². The predicted octanol–water partition coefficient (Wildman–Crippen LogP) is 2.54. The number of hydrogen-bond donors (Lipinski definition) is 2. The molecule has 0 radical (unpaired) electrons. The number of benzene rings is 1. The number of aryl methyl sites for hydroxylation is 2. The van der Waals surface area contributed by atoms with Gasteiger partial charge in [-0.25, -0.2) is 4.99 Å². The molecule has 0 spiro atoms. The number of hydrogen-bond acceptors (Lipinski definition) is 3. The van der Waals surface area contributed by atoms with Crippen molar-refractivity contribution in [2.45, 2.75) is 40.4 Å². The monoisotopic (exact) mass is 379 g/mol.